The molecule has 0 aromatic carbocycles. The molecule has 2 nitrogen and oxygen atoms in total. The van der Waals surface area contributed by atoms with Crippen LogP contribution < -0.4 is 5.32 Å². The number of hydrogen-bond donors (Lipinski definition) is 1. The summed E-state index contributed by atoms with van der Waals surface area (Å²) in [5, 5.41) is 3.71. The standard InChI is InChI=1S/C11H22N2/c1-11(2,3)13-7-9-5-4-6-10(8-13)12-9/h9-10,12H,4-8H2,1-3H3. The number of hydrogen-bond acceptors (Lipinski definition) is 2. The molecule has 2 aliphatic heterocycles. The van der Waals surface area contributed by atoms with Crippen molar-refractivity contribution in [2.24, 2.45) is 0 Å². The third-order valence-corrected chi connectivity index (χ3v) is 3.41. The van der Waals surface area contributed by atoms with E-state index in [1.165, 1.54) is 32.4 Å². The lowest BCUT2D eigenvalue weighted by Crippen LogP contribution is -2.62. The van der Waals surface area contributed by atoms with Gasteiger partial charge in [0.25, 0.3) is 0 Å². The molecule has 2 aliphatic rings. The number of likely N-dealkylation sites (tertiary alicyclic amines) is 1. The number of nitrogens with one attached hydrogen (secondary N) is 1. The van der Waals surface area contributed by atoms with E-state index >= 15 is 0 Å². The van der Waals surface area contributed by atoms with E-state index in [1.807, 2.05) is 0 Å². The summed E-state index contributed by atoms with van der Waals surface area (Å²) in [7, 11) is 0. The Balaban J connectivity index is 2.01. The zero-order chi connectivity index (χ0) is 9.47. The van der Waals surface area contributed by atoms with Crippen LogP contribution in [0.15, 0.2) is 0 Å². The van der Waals surface area contributed by atoms with Crippen LogP contribution in [0.2, 0.25) is 0 Å². The van der Waals surface area contributed by atoms with Crippen molar-refractivity contribution < 1.29 is 0 Å². The van der Waals surface area contributed by atoms with E-state index in [9.17, 15) is 0 Å². The highest BCUT2D eigenvalue weighted by Gasteiger charge is 2.34. The van der Waals surface area contributed by atoms with Gasteiger partial charge in [-0.2, -0.15) is 0 Å². The summed E-state index contributed by atoms with van der Waals surface area (Å²) >= 11 is 0. The number of fused-ring (bicyclic) bond motifs is 2. The van der Waals surface area contributed by atoms with E-state index in [0.29, 0.717) is 5.54 Å². The molecule has 1 N–H and O–H groups in total. The van der Waals surface area contributed by atoms with Gasteiger partial charge in [-0.25, -0.2) is 0 Å². The van der Waals surface area contributed by atoms with Crippen molar-refractivity contribution in [3.8, 4) is 0 Å². The molecule has 0 aromatic heterocycles. The molecule has 2 heteroatoms. The molecule has 13 heavy (non-hydrogen) atoms. The van der Waals surface area contributed by atoms with Crippen molar-refractivity contribution in [3.05, 3.63) is 0 Å². The van der Waals surface area contributed by atoms with Gasteiger partial charge in [0.05, 0.1) is 0 Å². The average molecular weight is 182 g/mol. The van der Waals surface area contributed by atoms with Crippen molar-refractivity contribution >= 4 is 0 Å². The van der Waals surface area contributed by atoms with Crippen LogP contribution in [0.5, 0.6) is 0 Å². The van der Waals surface area contributed by atoms with Gasteiger partial charge in [0, 0.05) is 30.7 Å². The predicted molar refractivity (Wildman–Crippen MR) is 55.9 cm³/mol. The first kappa shape index (κ1) is 9.47. The minimum Gasteiger partial charge on any atom is -0.309 e. The number of piperazine rings is 1. The summed E-state index contributed by atoms with van der Waals surface area (Å²) in [5.41, 5.74) is 0.357. The molecule has 2 unspecified atom stereocenters. The van der Waals surface area contributed by atoms with Gasteiger partial charge in [0.1, 0.15) is 0 Å². The van der Waals surface area contributed by atoms with Crippen LogP contribution in [0.25, 0.3) is 0 Å². The Morgan fingerprint density at radius 3 is 2.08 bits per heavy atom. The number of nitrogens with zero attached hydrogens (tertiary/aromatic N) is 1. The normalized spacial score (nSPS) is 36.2. The topological polar surface area (TPSA) is 15.3 Å². The zero-order valence-electron chi connectivity index (χ0n) is 9.14. The van der Waals surface area contributed by atoms with Gasteiger partial charge in [-0.3, -0.25) is 4.90 Å². The summed E-state index contributed by atoms with van der Waals surface area (Å²) in [6, 6.07) is 1.54. The molecule has 0 aromatic rings. The van der Waals surface area contributed by atoms with Crippen LogP contribution in [0.1, 0.15) is 40.0 Å². The molecule has 0 amide bonds. The van der Waals surface area contributed by atoms with Gasteiger partial charge in [0.2, 0.25) is 0 Å². The molecule has 2 heterocycles. The lowest BCUT2D eigenvalue weighted by atomic mass is 9.91. The zero-order valence-corrected chi connectivity index (χ0v) is 9.14. The van der Waals surface area contributed by atoms with Crippen LogP contribution in [0.3, 0.4) is 0 Å². The first-order valence-electron chi connectivity index (χ1n) is 5.57. The van der Waals surface area contributed by atoms with Crippen LogP contribution >= 0.6 is 0 Å². The minimum absolute atomic E-state index is 0.357. The Bertz CT molecular complexity index is 171. The second kappa shape index (κ2) is 3.25. The fourth-order valence-electron chi connectivity index (χ4n) is 2.55. The fourth-order valence-corrected chi connectivity index (χ4v) is 2.55. The Kier molecular flexibility index (Phi) is 2.37. The van der Waals surface area contributed by atoms with E-state index in [1.54, 1.807) is 0 Å². The summed E-state index contributed by atoms with van der Waals surface area (Å²) in [5.74, 6) is 0. The monoisotopic (exact) mass is 182 g/mol. The Labute approximate surface area is 81.7 Å². The lowest BCUT2D eigenvalue weighted by Gasteiger charge is -2.48. The van der Waals surface area contributed by atoms with Crippen molar-refractivity contribution in [1.82, 2.24) is 10.2 Å². The molecule has 0 aliphatic carbocycles. The van der Waals surface area contributed by atoms with E-state index in [0.717, 1.165) is 12.1 Å². The van der Waals surface area contributed by atoms with Crippen LogP contribution in [-0.4, -0.2) is 35.6 Å². The minimum atomic E-state index is 0.357. The third-order valence-electron chi connectivity index (χ3n) is 3.41. The van der Waals surface area contributed by atoms with E-state index in [2.05, 4.69) is 31.0 Å². The fraction of sp³-hybridized carbons (Fsp3) is 1.00. The van der Waals surface area contributed by atoms with Crippen molar-refractivity contribution in [3.63, 3.8) is 0 Å². The maximum Gasteiger partial charge on any atom is 0.0198 e. The van der Waals surface area contributed by atoms with Gasteiger partial charge in [-0.15, -0.1) is 0 Å². The molecule has 2 rings (SSSR count). The molecule has 76 valence electrons. The highest BCUT2D eigenvalue weighted by Crippen LogP contribution is 2.24. The summed E-state index contributed by atoms with van der Waals surface area (Å²) in [6.07, 6.45) is 4.19. The van der Waals surface area contributed by atoms with Crippen LogP contribution in [0.4, 0.5) is 0 Å². The highest BCUT2D eigenvalue weighted by molar-refractivity contribution is 4.93. The molecule has 0 spiro atoms. The summed E-state index contributed by atoms with van der Waals surface area (Å²) < 4.78 is 0. The molecular formula is C11H22N2. The maximum atomic E-state index is 3.71. The summed E-state index contributed by atoms with van der Waals surface area (Å²) in [6.45, 7) is 9.48. The molecule has 0 saturated carbocycles. The van der Waals surface area contributed by atoms with Gasteiger partial charge in [-0.1, -0.05) is 6.42 Å². The Morgan fingerprint density at radius 2 is 1.62 bits per heavy atom. The quantitative estimate of drug-likeness (QED) is 0.612. The third kappa shape index (κ3) is 2.05. The first-order chi connectivity index (χ1) is 6.05. The van der Waals surface area contributed by atoms with Gasteiger partial charge < -0.3 is 5.32 Å². The van der Waals surface area contributed by atoms with Crippen LogP contribution in [-0.2, 0) is 0 Å². The average Bonchev–Trinajstić information content (AvgIpc) is 2.01. The SMILES string of the molecule is CC(C)(C)N1CC2CCCC(C1)N2. The molecule has 2 fully saturated rings. The van der Waals surface area contributed by atoms with Gasteiger partial charge in [0.15, 0.2) is 0 Å². The molecule has 0 radical (unpaired) electrons. The highest BCUT2D eigenvalue weighted by atomic mass is 15.3. The lowest BCUT2D eigenvalue weighted by molar-refractivity contribution is 0.0520. The van der Waals surface area contributed by atoms with E-state index < -0.39 is 0 Å². The maximum absolute atomic E-state index is 3.71. The smallest absolute Gasteiger partial charge is 0.0198 e. The Morgan fingerprint density at radius 1 is 1.08 bits per heavy atom. The predicted octanol–water partition coefficient (Wildman–Crippen LogP) is 1.61. The molecule has 2 atom stereocenters. The molecule has 2 bridgehead atoms. The van der Waals surface area contributed by atoms with Crippen molar-refractivity contribution in [2.75, 3.05) is 13.1 Å². The van der Waals surface area contributed by atoms with Crippen molar-refractivity contribution in [2.45, 2.75) is 57.7 Å². The van der Waals surface area contributed by atoms with Crippen LogP contribution in [0, 0.1) is 0 Å². The largest absolute Gasteiger partial charge is 0.309 e. The Hall–Kier alpha value is -0.0800. The number of rotatable bonds is 0. The first-order valence-corrected chi connectivity index (χ1v) is 5.57. The molecule has 2 saturated heterocycles. The molecular weight excluding hydrogens is 160 g/mol. The number of piperidine rings is 1. The second-order valence-corrected chi connectivity index (χ2v) is 5.57. The summed E-state index contributed by atoms with van der Waals surface area (Å²) in [4.78, 5) is 2.64. The van der Waals surface area contributed by atoms with Gasteiger partial charge >= 0.3 is 0 Å². The van der Waals surface area contributed by atoms with Gasteiger partial charge in [-0.05, 0) is 33.6 Å². The van der Waals surface area contributed by atoms with E-state index in [4.69, 9.17) is 0 Å². The second-order valence-electron chi connectivity index (χ2n) is 5.57. The van der Waals surface area contributed by atoms with Crippen molar-refractivity contribution in [1.29, 1.82) is 0 Å². The van der Waals surface area contributed by atoms with E-state index in [-0.39, 0.29) is 0 Å².